The molecule has 0 spiro atoms. The van der Waals surface area contributed by atoms with E-state index in [0.29, 0.717) is 11.3 Å². The van der Waals surface area contributed by atoms with Gasteiger partial charge in [-0.25, -0.2) is 0 Å². The van der Waals surface area contributed by atoms with E-state index in [4.69, 9.17) is 10.5 Å². The SMILES string of the molecule is COc1ccc(C(=O)CCC(=O)NC2CCCc3cc(N)ccc32)cc1. The highest BCUT2D eigenvalue weighted by molar-refractivity contribution is 5.98. The molecule has 0 fully saturated rings. The molecule has 0 aromatic heterocycles. The lowest BCUT2D eigenvalue weighted by Crippen LogP contribution is -2.31. The van der Waals surface area contributed by atoms with Gasteiger partial charge in [0.05, 0.1) is 13.2 Å². The molecule has 1 amide bonds. The highest BCUT2D eigenvalue weighted by Gasteiger charge is 2.22. The van der Waals surface area contributed by atoms with Crippen molar-refractivity contribution < 1.29 is 14.3 Å². The third kappa shape index (κ3) is 4.23. The number of rotatable bonds is 6. The van der Waals surface area contributed by atoms with E-state index >= 15 is 0 Å². The highest BCUT2D eigenvalue weighted by Crippen LogP contribution is 2.31. The van der Waals surface area contributed by atoms with Crippen molar-refractivity contribution >= 4 is 17.4 Å². The van der Waals surface area contributed by atoms with Crippen LogP contribution in [-0.2, 0) is 11.2 Å². The number of nitrogens with one attached hydrogen (secondary N) is 1. The van der Waals surface area contributed by atoms with Crippen LogP contribution < -0.4 is 15.8 Å². The molecule has 1 unspecified atom stereocenters. The number of hydrogen-bond acceptors (Lipinski definition) is 4. The van der Waals surface area contributed by atoms with Crippen LogP contribution in [-0.4, -0.2) is 18.8 Å². The van der Waals surface area contributed by atoms with Crippen LogP contribution in [0.1, 0.15) is 53.2 Å². The van der Waals surface area contributed by atoms with Gasteiger partial charge in [-0.2, -0.15) is 0 Å². The molecule has 5 heteroatoms. The molecule has 1 atom stereocenters. The zero-order valence-corrected chi connectivity index (χ0v) is 15.0. The third-order valence-corrected chi connectivity index (χ3v) is 4.81. The molecule has 0 saturated carbocycles. The van der Waals surface area contributed by atoms with Gasteiger partial charge < -0.3 is 15.8 Å². The van der Waals surface area contributed by atoms with Crippen LogP contribution in [0.25, 0.3) is 0 Å². The summed E-state index contributed by atoms with van der Waals surface area (Å²) in [5, 5.41) is 3.07. The first-order valence-corrected chi connectivity index (χ1v) is 8.91. The van der Waals surface area contributed by atoms with Gasteiger partial charge in [-0.1, -0.05) is 6.07 Å². The highest BCUT2D eigenvalue weighted by atomic mass is 16.5. The topological polar surface area (TPSA) is 81.4 Å². The van der Waals surface area contributed by atoms with Crippen LogP contribution in [0.3, 0.4) is 0 Å². The first-order chi connectivity index (χ1) is 12.6. The number of methoxy groups -OCH3 is 1. The molecule has 26 heavy (non-hydrogen) atoms. The maximum atomic E-state index is 12.3. The number of anilines is 1. The first kappa shape index (κ1) is 18.0. The Balaban J connectivity index is 1.55. The maximum Gasteiger partial charge on any atom is 0.220 e. The second-order valence-corrected chi connectivity index (χ2v) is 6.62. The molecular formula is C21H24N2O3. The summed E-state index contributed by atoms with van der Waals surface area (Å²) in [4.78, 5) is 24.6. The third-order valence-electron chi connectivity index (χ3n) is 4.81. The number of ether oxygens (including phenoxy) is 1. The van der Waals surface area contributed by atoms with E-state index < -0.39 is 0 Å². The van der Waals surface area contributed by atoms with E-state index in [1.165, 1.54) is 5.56 Å². The first-order valence-electron chi connectivity index (χ1n) is 8.91. The molecule has 5 nitrogen and oxygen atoms in total. The average molecular weight is 352 g/mol. The van der Waals surface area contributed by atoms with Crippen LogP contribution in [0.2, 0.25) is 0 Å². The number of nitrogen functional groups attached to an aromatic ring is 1. The summed E-state index contributed by atoms with van der Waals surface area (Å²) in [5.74, 6) is 0.567. The number of carbonyl (C=O) groups is 2. The normalized spacial score (nSPS) is 15.8. The lowest BCUT2D eigenvalue weighted by atomic mass is 9.87. The Bertz CT molecular complexity index is 799. The number of Topliss-reactive ketones (excluding diaryl/α,β-unsaturated/α-hetero) is 1. The average Bonchev–Trinajstić information content (AvgIpc) is 2.66. The van der Waals surface area contributed by atoms with Crippen molar-refractivity contribution in [3.05, 3.63) is 59.2 Å². The second kappa shape index (κ2) is 8.04. The fourth-order valence-corrected chi connectivity index (χ4v) is 3.40. The minimum atomic E-state index is -0.0958. The predicted octanol–water partition coefficient (Wildman–Crippen LogP) is 3.43. The van der Waals surface area contributed by atoms with Crippen LogP contribution in [0, 0.1) is 0 Å². The van der Waals surface area contributed by atoms with Crippen molar-refractivity contribution in [3.63, 3.8) is 0 Å². The molecule has 2 aromatic rings. The Kier molecular flexibility index (Phi) is 5.56. The molecule has 0 saturated heterocycles. The van der Waals surface area contributed by atoms with Crippen molar-refractivity contribution in [3.8, 4) is 5.75 Å². The predicted molar refractivity (Wildman–Crippen MR) is 101 cm³/mol. The van der Waals surface area contributed by atoms with Crippen LogP contribution >= 0.6 is 0 Å². The van der Waals surface area contributed by atoms with Gasteiger partial charge in [-0.15, -0.1) is 0 Å². The Morgan fingerprint density at radius 3 is 2.65 bits per heavy atom. The van der Waals surface area contributed by atoms with Crippen molar-refractivity contribution in [2.24, 2.45) is 0 Å². The summed E-state index contributed by atoms with van der Waals surface area (Å²) in [5.41, 5.74) is 9.54. The van der Waals surface area contributed by atoms with Gasteiger partial charge in [0.15, 0.2) is 5.78 Å². The molecule has 2 aromatic carbocycles. The lowest BCUT2D eigenvalue weighted by molar-refractivity contribution is -0.121. The molecule has 3 N–H and O–H groups in total. The molecular weight excluding hydrogens is 328 g/mol. The summed E-state index contributed by atoms with van der Waals surface area (Å²) in [6.07, 6.45) is 3.30. The van der Waals surface area contributed by atoms with Gasteiger partial charge in [0.2, 0.25) is 5.91 Å². The Morgan fingerprint density at radius 1 is 1.15 bits per heavy atom. The molecule has 0 heterocycles. The Labute approximate surface area is 153 Å². The molecule has 1 aliphatic rings. The van der Waals surface area contributed by atoms with Gasteiger partial charge in [0, 0.05) is 24.1 Å². The number of fused-ring (bicyclic) bond motifs is 1. The monoisotopic (exact) mass is 352 g/mol. The van der Waals surface area contributed by atoms with Gasteiger partial charge >= 0.3 is 0 Å². The quantitative estimate of drug-likeness (QED) is 0.616. The standard InChI is InChI=1S/C21H24N2O3/c1-26-17-8-5-14(6-9-17)20(24)11-12-21(25)23-19-4-2-3-15-13-16(22)7-10-18(15)19/h5-10,13,19H,2-4,11-12,22H2,1H3,(H,23,25). The summed E-state index contributed by atoms with van der Waals surface area (Å²) in [6, 6.07) is 12.8. The molecule has 3 rings (SSSR count). The fourth-order valence-electron chi connectivity index (χ4n) is 3.40. The molecule has 136 valence electrons. The van der Waals surface area contributed by atoms with E-state index in [1.807, 2.05) is 18.2 Å². The van der Waals surface area contributed by atoms with Crippen LogP contribution in [0.4, 0.5) is 5.69 Å². The van der Waals surface area contributed by atoms with E-state index in [2.05, 4.69) is 5.32 Å². The fraction of sp³-hybridized carbons (Fsp3) is 0.333. The zero-order valence-electron chi connectivity index (χ0n) is 15.0. The van der Waals surface area contributed by atoms with Gasteiger partial charge in [0.25, 0.3) is 0 Å². The molecule has 0 bridgehead atoms. The van der Waals surface area contributed by atoms with E-state index in [-0.39, 0.29) is 30.6 Å². The van der Waals surface area contributed by atoms with Gasteiger partial charge in [-0.3, -0.25) is 9.59 Å². The number of nitrogens with two attached hydrogens (primary N) is 1. The lowest BCUT2D eigenvalue weighted by Gasteiger charge is -2.26. The number of ketones is 1. The van der Waals surface area contributed by atoms with Gasteiger partial charge in [-0.05, 0) is 66.8 Å². The Hall–Kier alpha value is -2.82. The van der Waals surface area contributed by atoms with Gasteiger partial charge in [0.1, 0.15) is 5.75 Å². The number of hydrogen-bond donors (Lipinski definition) is 2. The Morgan fingerprint density at radius 2 is 1.92 bits per heavy atom. The summed E-state index contributed by atoms with van der Waals surface area (Å²) < 4.78 is 5.08. The summed E-state index contributed by atoms with van der Waals surface area (Å²) in [6.45, 7) is 0. The van der Waals surface area contributed by atoms with E-state index in [1.54, 1.807) is 31.4 Å². The van der Waals surface area contributed by atoms with Crippen molar-refractivity contribution in [2.75, 3.05) is 12.8 Å². The van der Waals surface area contributed by atoms with Crippen molar-refractivity contribution in [1.29, 1.82) is 0 Å². The maximum absolute atomic E-state index is 12.3. The minimum Gasteiger partial charge on any atom is -0.497 e. The summed E-state index contributed by atoms with van der Waals surface area (Å²) in [7, 11) is 1.58. The molecule has 0 aliphatic heterocycles. The van der Waals surface area contributed by atoms with E-state index in [0.717, 1.165) is 30.5 Å². The summed E-state index contributed by atoms with van der Waals surface area (Å²) >= 11 is 0. The van der Waals surface area contributed by atoms with E-state index in [9.17, 15) is 9.59 Å². The zero-order chi connectivity index (χ0) is 18.5. The molecule has 0 radical (unpaired) electrons. The van der Waals surface area contributed by atoms with Crippen molar-refractivity contribution in [1.82, 2.24) is 5.32 Å². The van der Waals surface area contributed by atoms with Crippen molar-refractivity contribution in [2.45, 2.75) is 38.1 Å². The minimum absolute atomic E-state index is 0.00272. The second-order valence-electron chi connectivity index (χ2n) is 6.62. The smallest absolute Gasteiger partial charge is 0.220 e. The number of aryl methyl sites for hydroxylation is 1. The van der Waals surface area contributed by atoms with Crippen LogP contribution in [0.5, 0.6) is 5.75 Å². The largest absolute Gasteiger partial charge is 0.497 e. The molecule has 1 aliphatic carbocycles. The number of carbonyl (C=O) groups excluding carboxylic acids is 2. The number of amides is 1. The van der Waals surface area contributed by atoms with Crippen LogP contribution in [0.15, 0.2) is 42.5 Å². The number of benzene rings is 2.